The Kier molecular flexibility index (Phi) is 4.23. The van der Waals surface area contributed by atoms with Crippen molar-refractivity contribution in [2.24, 2.45) is 5.41 Å². The molecule has 1 spiro atoms. The molecule has 116 valence electrons. The summed E-state index contributed by atoms with van der Waals surface area (Å²) in [5, 5.41) is 3.83. The van der Waals surface area contributed by atoms with Gasteiger partial charge in [0.05, 0.1) is 13.2 Å². The molecule has 2 fully saturated rings. The quantitative estimate of drug-likeness (QED) is 0.866. The van der Waals surface area contributed by atoms with Gasteiger partial charge in [-0.05, 0) is 50.8 Å². The summed E-state index contributed by atoms with van der Waals surface area (Å²) in [6.07, 6.45) is 5.63. The summed E-state index contributed by atoms with van der Waals surface area (Å²) < 4.78 is 11.3. The van der Waals surface area contributed by atoms with Crippen LogP contribution in [0.15, 0.2) is 24.3 Å². The lowest BCUT2D eigenvalue weighted by molar-refractivity contribution is -0.174. The van der Waals surface area contributed by atoms with Crippen LogP contribution in [0.3, 0.4) is 0 Å². The molecule has 0 saturated heterocycles. The SMILES string of the molecule is CCOC1CC(NC(C)c2cccc(OC)c2)C12CCC2. The monoisotopic (exact) mass is 289 g/mol. The van der Waals surface area contributed by atoms with Gasteiger partial charge in [-0.25, -0.2) is 0 Å². The van der Waals surface area contributed by atoms with E-state index in [0.717, 1.165) is 18.8 Å². The molecule has 1 N–H and O–H groups in total. The molecule has 1 aromatic carbocycles. The second kappa shape index (κ2) is 5.98. The summed E-state index contributed by atoms with van der Waals surface area (Å²) >= 11 is 0. The summed E-state index contributed by atoms with van der Waals surface area (Å²) in [5.74, 6) is 0.931. The van der Waals surface area contributed by atoms with E-state index in [0.29, 0.717) is 23.6 Å². The lowest BCUT2D eigenvalue weighted by Crippen LogP contribution is -2.67. The molecule has 0 amide bonds. The molecule has 2 saturated carbocycles. The fraction of sp³-hybridized carbons (Fsp3) is 0.667. The third kappa shape index (κ3) is 2.58. The zero-order valence-electron chi connectivity index (χ0n) is 13.4. The van der Waals surface area contributed by atoms with Crippen LogP contribution < -0.4 is 10.1 Å². The highest BCUT2D eigenvalue weighted by atomic mass is 16.5. The van der Waals surface area contributed by atoms with Gasteiger partial charge in [-0.1, -0.05) is 18.6 Å². The smallest absolute Gasteiger partial charge is 0.119 e. The fourth-order valence-corrected chi connectivity index (χ4v) is 3.98. The molecule has 0 bridgehead atoms. The van der Waals surface area contributed by atoms with Crippen LogP contribution in [0, 0.1) is 5.41 Å². The van der Waals surface area contributed by atoms with Crippen molar-refractivity contribution in [3.63, 3.8) is 0 Å². The van der Waals surface area contributed by atoms with Crippen molar-refractivity contribution in [2.75, 3.05) is 13.7 Å². The van der Waals surface area contributed by atoms with E-state index in [4.69, 9.17) is 9.47 Å². The van der Waals surface area contributed by atoms with E-state index in [1.165, 1.54) is 24.8 Å². The molecule has 0 radical (unpaired) electrons. The first-order valence-corrected chi connectivity index (χ1v) is 8.21. The van der Waals surface area contributed by atoms with Crippen molar-refractivity contribution in [3.8, 4) is 5.75 Å². The third-order valence-corrected chi connectivity index (χ3v) is 5.48. The van der Waals surface area contributed by atoms with Crippen molar-refractivity contribution >= 4 is 0 Å². The fourth-order valence-electron chi connectivity index (χ4n) is 3.98. The minimum absolute atomic E-state index is 0.352. The molecule has 3 unspecified atom stereocenters. The minimum Gasteiger partial charge on any atom is -0.497 e. The molecule has 3 nitrogen and oxygen atoms in total. The number of benzene rings is 1. The molecule has 3 rings (SSSR count). The van der Waals surface area contributed by atoms with Crippen LogP contribution in [0.1, 0.15) is 51.1 Å². The van der Waals surface area contributed by atoms with Crippen LogP contribution in [0.2, 0.25) is 0 Å². The Bertz CT molecular complexity index is 484. The van der Waals surface area contributed by atoms with E-state index >= 15 is 0 Å². The van der Waals surface area contributed by atoms with E-state index in [-0.39, 0.29) is 0 Å². The summed E-state index contributed by atoms with van der Waals surface area (Å²) in [6.45, 7) is 5.19. The molecule has 3 heteroatoms. The molecule has 2 aliphatic rings. The summed E-state index contributed by atoms with van der Waals surface area (Å²) in [4.78, 5) is 0. The van der Waals surface area contributed by atoms with Gasteiger partial charge in [0.15, 0.2) is 0 Å². The van der Waals surface area contributed by atoms with Crippen molar-refractivity contribution in [2.45, 2.75) is 57.7 Å². The van der Waals surface area contributed by atoms with Gasteiger partial charge in [-0.2, -0.15) is 0 Å². The number of hydrogen-bond donors (Lipinski definition) is 1. The number of nitrogens with one attached hydrogen (secondary N) is 1. The largest absolute Gasteiger partial charge is 0.497 e. The van der Waals surface area contributed by atoms with Gasteiger partial charge in [-0.15, -0.1) is 0 Å². The topological polar surface area (TPSA) is 30.5 Å². The molecule has 1 aromatic rings. The minimum atomic E-state index is 0.352. The highest BCUT2D eigenvalue weighted by molar-refractivity contribution is 5.30. The van der Waals surface area contributed by atoms with E-state index in [9.17, 15) is 0 Å². The molecule has 3 atom stereocenters. The van der Waals surface area contributed by atoms with Crippen molar-refractivity contribution in [1.29, 1.82) is 0 Å². The van der Waals surface area contributed by atoms with Gasteiger partial charge in [0.1, 0.15) is 5.75 Å². The Balaban J connectivity index is 1.64. The van der Waals surface area contributed by atoms with Gasteiger partial charge in [0.25, 0.3) is 0 Å². The number of rotatable bonds is 6. The standard InChI is InChI=1S/C18H27NO2/c1-4-21-17-12-16(18(17)9-6-10-18)19-13(2)14-7-5-8-15(11-14)20-3/h5,7-8,11,13,16-17,19H,4,6,9-10,12H2,1-3H3. The van der Waals surface area contributed by atoms with Gasteiger partial charge in [-0.3, -0.25) is 0 Å². The van der Waals surface area contributed by atoms with Crippen molar-refractivity contribution in [3.05, 3.63) is 29.8 Å². The number of hydrogen-bond acceptors (Lipinski definition) is 3. The van der Waals surface area contributed by atoms with Gasteiger partial charge in [0.2, 0.25) is 0 Å². The van der Waals surface area contributed by atoms with Crippen LogP contribution in [-0.2, 0) is 4.74 Å². The van der Waals surface area contributed by atoms with Crippen LogP contribution in [-0.4, -0.2) is 25.9 Å². The molecule has 0 aliphatic heterocycles. The average Bonchev–Trinajstić information content (AvgIpc) is 2.44. The van der Waals surface area contributed by atoms with E-state index in [1.807, 2.05) is 6.07 Å². The van der Waals surface area contributed by atoms with Crippen molar-refractivity contribution in [1.82, 2.24) is 5.32 Å². The summed E-state index contributed by atoms with van der Waals surface area (Å²) in [6, 6.07) is 9.32. The Morgan fingerprint density at radius 3 is 2.81 bits per heavy atom. The number of methoxy groups -OCH3 is 1. The van der Waals surface area contributed by atoms with E-state index in [2.05, 4.69) is 37.4 Å². The first-order valence-electron chi connectivity index (χ1n) is 8.21. The first kappa shape index (κ1) is 14.9. The molecule has 0 heterocycles. The van der Waals surface area contributed by atoms with Gasteiger partial charge >= 0.3 is 0 Å². The van der Waals surface area contributed by atoms with E-state index < -0.39 is 0 Å². The second-order valence-corrected chi connectivity index (χ2v) is 6.48. The maximum Gasteiger partial charge on any atom is 0.119 e. The summed E-state index contributed by atoms with van der Waals surface area (Å²) in [7, 11) is 1.72. The maximum absolute atomic E-state index is 5.93. The Hall–Kier alpha value is -1.06. The zero-order chi connectivity index (χ0) is 14.9. The molecular formula is C18H27NO2. The highest BCUT2D eigenvalue weighted by Crippen LogP contribution is 2.57. The predicted octanol–water partition coefficient (Wildman–Crippen LogP) is 3.69. The van der Waals surface area contributed by atoms with Gasteiger partial charge < -0.3 is 14.8 Å². The normalized spacial score (nSPS) is 27.8. The van der Waals surface area contributed by atoms with E-state index in [1.54, 1.807) is 7.11 Å². The lowest BCUT2D eigenvalue weighted by Gasteiger charge is -2.61. The Morgan fingerprint density at radius 1 is 1.38 bits per heavy atom. The first-order chi connectivity index (χ1) is 10.2. The maximum atomic E-state index is 5.93. The van der Waals surface area contributed by atoms with Crippen molar-refractivity contribution < 1.29 is 9.47 Å². The third-order valence-electron chi connectivity index (χ3n) is 5.48. The van der Waals surface area contributed by atoms with Crippen LogP contribution >= 0.6 is 0 Å². The van der Waals surface area contributed by atoms with Crippen LogP contribution in [0.25, 0.3) is 0 Å². The zero-order valence-corrected chi connectivity index (χ0v) is 13.4. The van der Waals surface area contributed by atoms with Crippen LogP contribution in [0.4, 0.5) is 0 Å². The molecule has 21 heavy (non-hydrogen) atoms. The summed E-state index contributed by atoms with van der Waals surface area (Å²) in [5.41, 5.74) is 1.71. The van der Waals surface area contributed by atoms with Gasteiger partial charge in [0, 0.05) is 24.1 Å². The Morgan fingerprint density at radius 2 is 2.19 bits per heavy atom. The highest BCUT2D eigenvalue weighted by Gasteiger charge is 2.58. The number of ether oxygens (including phenoxy) is 2. The van der Waals surface area contributed by atoms with Crippen LogP contribution in [0.5, 0.6) is 5.75 Å². The average molecular weight is 289 g/mol. The molecular weight excluding hydrogens is 262 g/mol. The molecule has 2 aliphatic carbocycles. The Labute approximate surface area is 128 Å². The molecule has 0 aromatic heterocycles. The predicted molar refractivity (Wildman–Crippen MR) is 84.6 cm³/mol. The lowest BCUT2D eigenvalue weighted by atomic mass is 9.51. The second-order valence-electron chi connectivity index (χ2n) is 6.48.